The van der Waals surface area contributed by atoms with Crippen LogP contribution >= 0.6 is 11.3 Å². The van der Waals surface area contributed by atoms with E-state index >= 15 is 0 Å². The molecule has 0 spiro atoms. The number of amides is 1. The molecule has 0 saturated carbocycles. The van der Waals surface area contributed by atoms with Crippen molar-refractivity contribution in [3.05, 3.63) is 51.4 Å². The van der Waals surface area contributed by atoms with Gasteiger partial charge in [-0.15, -0.1) is 15.7 Å². The number of nitrogens with zero attached hydrogens (tertiary/aromatic N) is 4. The summed E-state index contributed by atoms with van der Waals surface area (Å²) in [4.78, 5) is 33.4. The van der Waals surface area contributed by atoms with Gasteiger partial charge in [0.2, 0.25) is 0 Å². The summed E-state index contributed by atoms with van der Waals surface area (Å²) < 4.78 is 30.6. The van der Waals surface area contributed by atoms with Crippen LogP contribution in [-0.2, 0) is 16.4 Å². The molecule has 166 valence electrons. The number of aromatic nitrogens is 2. The fourth-order valence-corrected chi connectivity index (χ4v) is 6.23. The van der Waals surface area contributed by atoms with Crippen LogP contribution in [0.4, 0.5) is 5.69 Å². The Balaban J connectivity index is 1.49. The van der Waals surface area contributed by atoms with Crippen molar-refractivity contribution in [2.75, 3.05) is 16.9 Å². The first-order valence-electron chi connectivity index (χ1n) is 10.4. The molecule has 0 aliphatic carbocycles. The molecule has 2 aliphatic rings. The Morgan fingerprint density at radius 1 is 1.22 bits per heavy atom. The first-order valence-corrected chi connectivity index (χ1v) is 12.7. The Kier molecular flexibility index (Phi) is 5.09. The van der Waals surface area contributed by atoms with Crippen LogP contribution in [0.25, 0.3) is 10.2 Å². The largest absolute Gasteiger partial charge is 0.328 e. The van der Waals surface area contributed by atoms with E-state index in [4.69, 9.17) is 0 Å². The van der Waals surface area contributed by atoms with Crippen LogP contribution in [0.1, 0.15) is 47.8 Å². The minimum atomic E-state index is -3.91. The van der Waals surface area contributed by atoms with Gasteiger partial charge < -0.3 is 4.90 Å². The molecule has 2 aromatic heterocycles. The van der Waals surface area contributed by atoms with Crippen molar-refractivity contribution >= 4 is 49.0 Å². The van der Waals surface area contributed by atoms with Gasteiger partial charge in [-0.05, 0) is 43.5 Å². The number of hydrogen-bond acceptors (Lipinski definition) is 7. The molecule has 1 aromatic carbocycles. The predicted octanol–water partition coefficient (Wildman–Crippen LogP) is 2.89. The van der Waals surface area contributed by atoms with Gasteiger partial charge in [-0.25, -0.2) is 9.66 Å². The number of aryl methyl sites for hydroxylation is 1. The summed E-state index contributed by atoms with van der Waals surface area (Å²) >= 11 is 1.44. The summed E-state index contributed by atoms with van der Waals surface area (Å²) in [6.07, 6.45) is 5.53. The highest BCUT2D eigenvalue weighted by Crippen LogP contribution is 2.35. The lowest BCUT2D eigenvalue weighted by molar-refractivity contribution is 0.101. The van der Waals surface area contributed by atoms with E-state index in [2.05, 4.69) is 14.8 Å². The maximum absolute atomic E-state index is 12.9. The number of amidine groups is 1. The molecule has 32 heavy (non-hydrogen) atoms. The van der Waals surface area contributed by atoms with Crippen molar-refractivity contribution in [1.29, 1.82) is 0 Å². The van der Waals surface area contributed by atoms with Crippen molar-refractivity contribution in [3.63, 3.8) is 0 Å². The normalized spacial score (nSPS) is 17.3. The first-order chi connectivity index (χ1) is 15.4. The van der Waals surface area contributed by atoms with E-state index in [0.29, 0.717) is 34.7 Å². The number of rotatable bonds is 3. The third kappa shape index (κ3) is 3.51. The van der Waals surface area contributed by atoms with Gasteiger partial charge in [-0.3, -0.25) is 15.0 Å². The number of nitrogens with one attached hydrogen (secondary N) is 1. The summed E-state index contributed by atoms with van der Waals surface area (Å²) in [6.45, 7) is 2.68. The Bertz CT molecular complexity index is 1440. The van der Waals surface area contributed by atoms with E-state index in [9.17, 15) is 18.0 Å². The van der Waals surface area contributed by atoms with Crippen LogP contribution < -0.4 is 15.9 Å². The molecule has 0 atom stereocenters. The second-order valence-electron chi connectivity index (χ2n) is 7.77. The molecule has 0 bridgehead atoms. The quantitative estimate of drug-likeness (QED) is 0.628. The average molecular weight is 472 g/mol. The molecule has 1 saturated heterocycles. The summed E-state index contributed by atoms with van der Waals surface area (Å²) in [7, 11) is -3.91. The fraction of sp³-hybridized carbons (Fsp3) is 0.333. The first kappa shape index (κ1) is 20.8. The maximum atomic E-state index is 12.9. The third-order valence-electron chi connectivity index (χ3n) is 5.68. The van der Waals surface area contributed by atoms with E-state index in [1.165, 1.54) is 23.7 Å². The van der Waals surface area contributed by atoms with Gasteiger partial charge in [0.25, 0.3) is 21.5 Å². The van der Waals surface area contributed by atoms with Gasteiger partial charge in [0.05, 0.1) is 11.1 Å². The zero-order valence-electron chi connectivity index (χ0n) is 17.4. The highest BCUT2D eigenvalue weighted by molar-refractivity contribution is 7.90. The van der Waals surface area contributed by atoms with Crippen LogP contribution in [0.3, 0.4) is 0 Å². The highest BCUT2D eigenvalue weighted by atomic mass is 32.2. The van der Waals surface area contributed by atoms with E-state index in [-0.39, 0.29) is 16.0 Å². The van der Waals surface area contributed by atoms with E-state index in [1.54, 1.807) is 18.2 Å². The van der Waals surface area contributed by atoms with Crippen LogP contribution in [0.5, 0.6) is 0 Å². The summed E-state index contributed by atoms with van der Waals surface area (Å²) in [6, 6.07) is 6.30. The monoisotopic (exact) mass is 471 g/mol. The van der Waals surface area contributed by atoms with Gasteiger partial charge >= 0.3 is 0 Å². The summed E-state index contributed by atoms with van der Waals surface area (Å²) in [5.41, 5.74) is 2.78. The van der Waals surface area contributed by atoms with E-state index in [1.807, 2.05) is 11.8 Å². The molecule has 5 rings (SSSR count). The average Bonchev–Trinajstić information content (AvgIpc) is 3.07. The van der Waals surface area contributed by atoms with Crippen molar-refractivity contribution < 1.29 is 13.2 Å². The van der Waals surface area contributed by atoms with Gasteiger partial charge in [-0.2, -0.15) is 8.42 Å². The van der Waals surface area contributed by atoms with Crippen LogP contribution in [0.15, 0.2) is 44.7 Å². The minimum absolute atomic E-state index is 0.00199. The zero-order valence-corrected chi connectivity index (χ0v) is 19.0. The van der Waals surface area contributed by atoms with Crippen LogP contribution in [0, 0.1) is 0 Å². The van der Waals surface area contributed by atoms with Crippen molar-refractivity contribution in [1.82, 2.24) is 9.66 Å². The second kappa shape index (κ2) is 7.82. The number of hydrogen-bond donors (Lipinski definition) is 1. The molecular formula is C21H21N5O4S2. The number of carbonyl (C=O) groups is 1. The van der Waals surface area contributed by atoms with Gasteiger partial charge in [0, 0.05) is 23.4 Å². The maximum Gasteiger partial charge on any atom is 0.286 e. The molecule has 1 amide bonds. The lowest BCUT2D eigenvalue weighted by Gasteiger charge is -2.29. The molecule has 2 aliphatic heterocycles. The Labute approximate surface area is 188 Å². The van der Waals surface area contributed by atoms with E-state index in [0.717, 1.165) is 35.2 Å². The zero-order chi connectivity index (χ0) is 22.5. The predicted molar refractivity (Wildman–Crippen MR) is 124 cm³/mol. The van der Waals surface area contributed by atoms with Gasteiger partial charge in [0.1, 0.15) is 21.9 Å². The summed E-state index contributed by atoms with van der Waals surface area (Å²) in [5, 5.41) is 0.436. The third-order valence-corrected chi connectivity index (χ3v) is 8.20. The van der Waals surface area contributed by atoms with E-state index < -0.39 is 15.9 Å². The SMILES string of the molecule is CCc1cc2c(=O)n(NC(=O)c3ccc4c(c3)S(=O)(=O)N=C3CCCCCN34)cnc2s1. The number of sulfonamides is 1. The number of thiophene rings is 1. The van der Waals surface area contributed by atoms with Crippen molar-refractivity contribution in [2.24, 2.45) is 4.40 Å². The Morgan fingerprint density at radius 2 is 2.06 bits per heavy atom. The summed E-state index contributed by atoms with van der Waals surface area (Å²) in [5.74, 6) is -0.0526. The van der Waals surface area contributed by atoms with Crippen molar-refractivity contribution in [2.45, 2.75) is 43.9 Å². The number of benzene rings is 1. The number of anilines is 1. The lowest BCUT2D eigenvalue weighted by Crippen LogP contribution is -2.36. The molecular weight excluding hydrogens is 450 g/mol. The molecule has 4 heterocycles. The van der Waals surface area contributed by atoms with Gasteiger partial charge in [-0.1, -0.05) is 13.3 Å². The molecule has 3 aromatic rings. The molecule has 1 fully saturated rings. The topological polar surface area (TPSA) is 114 Å². The Morgan fingerprint density at radius 3 is 2.88 bits per heavy atom. The fourth-order valence-electron chi connectivity index (χ4n) is 4.02. The van der Waals surface area contributed by atoms with Crippen molar-refractivity contribution in [3.8, 4) is 0 Å². The molecule has 1 N–H and O–H groups in total. The van der Waals surface area contributed by atoms with Gasteiger partial charge in [0.15, 0.2) is 0 Å². The molecule has 0 radical (unpaired) electrons. The number of carbonyl (C=O) groups excluding carboxylic acids is 1. The highest BCUT2D eigenvalue weighted by Gasteiger charge is 2.32. The number of fused-ring (bicyclic) bond motifs is 4. The molecule has 0 unspecified atom stereocenters. The van der Waals surface area contributed by atoms with Crippen LogP contribution in [0.2, 0.25) is 0 Å². The Hall–Kier alpha value is -3.05. The minimum Gasteiger partial charge on any atom is -0.328 e. The smallest absolute Gasteiger partial charge is 0.286 e. The second-order valence-corrected chi connectivity index (χ2v) is 10.5. The lowest BCUT2D eigenvalue weighted by atomic mass is 10.1. The standard InChI is InChI=1S/C21H21N5O4S2/c1-2-14-11-15-20(31-14)22-12-26(21(15)28)23-19(27)13-7-8-16-17(10-13)32(29,30)24-18-6-4-3-5-9-25(16)18/h7-8,10-12H,2-6,9H2,1H3,(H,23,27). The molecule has 9 nitrogen and oxygen atoms in total. The molecule has 11 heteroatoms. The van der Waals surface area contributed by atoms with Crippen LogP contribution in [-0.4, -0.2) is 36.4 Å².